The summed E-state index contributed by atoms with van der Waals surface area (Å²) < 4.78 is 10.6. The Hall–Kier alpha value is 1.17. The zero-order valence-electron chi connectivity index (χ0n) is 14.8. The predicted octanol–water partition coefficient (Wildman–Crippen LogP) is -2.79. The second-order valence-corrected chi connectivity index (χ2v) is 6.94. The van der Waals surface area contributed by atoms with Crippen molar-refractivity contribution in [3.63, 3.8) is 0 Å². The Labute approximate surface area is 178 Å². The van der Waals surface area contributed by atoms with Crippen molar-refractivity contribution in [3.05, 3.63) is 34.6 Å². The van der Waals surface area contributed by atoms with Crippen LogP contribution in [0.1, 0.15) is 53.4 Å². The van der Waals surface area contributed by atoms with Gasteiger partial charge in [0.15, 0.2) is 0 Å². The third kappa shape index (κ3) is 17.5. The van der Waals surface area contributed by atoms with E-state index in [9.17, 15) is 19.5 Å². The van der Waals surface area contributed by atoms with Crippen molar-refractivity contribution in [1.29, 1.82) is 0 Å². The zero-order chi connectivity index (χ0) is 15.8. The molecule has 0 amide bonds. The smallest absolute Gasteiger partial charge is 0.810 e. The first-order chi connectivity index (χ1) is 9.11. The number of allylic oxidation sites excluding steroid dienone is 6. The van der Waals surface area contributed by atoms with Crippen molar-refractivity contribution < 1.29 is 78.6 Å². The largest absolute Gasteiger partial charge is 1.00 e. The fourth-order valence-electron chi connectivity index (χ4n) is 1.69. The number of aliphatic hydroxyl groups is 1. The monoisotopic (exact) mass is 346 g/mol. The first kappa shape index (κ1) is 28.0. The molecule has 0 fully saturated rings. The van der Waals surface area contributed by atoms with E-state index >= 15 is 0 Å². The van der Waals surface area contributed by atoms with Crippen LogP contribution in [0.5, 0.6) is 0 Å². The molecule has 0 heterocycles. The average molecular weight is 346 g/mol. The van der Waals surface area contributed by atoms with Crippen LogP contribution in [0.3, 0.4) is 0 Å². The van der Waals surface area contributed by atoms with Crippen molar-refractivity contribution in [3.8, 4) is 0 Å². The maximum Gasteiger partial charge on any atom is 1.00 e. The van der Waals surface area contributed by atoms with Crippen molar-refractivity contribution in [2.24, 2.45) is 0 Å². The van der Waals surface area contributed by atoms with Gasteiger partial charge in [0.25, 0.3) is 0 Å². The van der Waals surface area contributed by atoms with Crippen molar-refractivity contribution >= 4 is 7.60 Å². The maximum atomic E-state index is 10.6. The standard InChI is InChI=1S/C15H27O4P.2Na/c1-12(2)7-5-8-13(3)9-6-10-14(4)15(16)11-20(17,18)19;;/h7,9,16H,5-6,8,10-11H2,1-4H3,(H2,17,18,19);;/q;2*+1/p-2. The van der Waals surface area contributed by atoms with Crippen LogP contribution in [-0.4, -0.2) is 11.3 Å². The van der Waals surface area contributed by atoms with Gasteiger partial charge in [0, 0.05) is 6.16 Å². The summed E-state index contributed by atoms with van der Waals surface area (Å²) in [6, 6.07) is 0. The first-order valence-corrected chi connectivity index (χ1v) is 8.52. The molecule has 7 heteroatoms. The van der Waals surface area contributed by atoms with Gasteiger partial charge >= 0.3 is 59.1 Å². The molecule has 4 nitrogen and oxygen atoms in total. The Balaban J connectivity index is -0.00000180. The summed E-state index contributed by atoms with van der Waals surface area (Å²) in [4.78, 5) is 21.1. The van der Waals surface area contributed by atoms with Crippen molar-refractivity contribution in [1.82, 2.24) is 0 Å². The summed E-state index contributed by atoms with van der Waals surface area (Å²) in [7, 11) is -4.68. The second-order valence-electron chi connectivity index (χ2n) is 5.41. The zero-order valence-corrected chi connectivity index (χ0v) is 19.7. The molecule has 0 aliphatic carbocycles. The van der Waals surface area contributed by atoms with Gasteiger partial charge in [-0.15, -0.1) is 0 Å². The van der Waals surface area contributed by atoms with Crippen LogP contribution in [0.2, 0.25) is 0 Å². The van der Waals surface area contributed by atoms with Gasteiger partial charge in [-0.1, -0.05) is 30.9 Å². The Bertz CT molecular complexity index is 446. The van der Waals surface area contributed by atoms with Crippen LogP contribution >= 0.6 is 7.60 Å². The molecule has 0 bridgehead atoms. The molecule has 0 aliphatic rings. The summed E-state index contributed by atoms with van der Waals surface area (Å²) in [6.45, 7) is 7.85. The van der Waals surface area contributed by atoms with E-state index in [1.807, 2.05) is 0 Å². The molecule has 0 rings (SSSR count). The summed E-state index contributed by atoms with van der Waals surface area (Å²) in [5.74, 6) is -0.311. The molecule has 0 aromatic heterocycles. The quantitative estimate of drug-likeness (QED) is 0.223. The van der Waals surface area contributed by atoms with Gasteiger partial charge in [-0.25, -0.2) is 0 Å². The third-order valence-electron chi connectivity index (χ3n) is 2.94. The number of hydrogen-bond acceptors (Lipinski definition) is 4. The third-order valence-corrected chi connectivity index (χ3v) is 3.63. The second kappa shape index (κ2) is 14.5. The van der Waals surface area contributed by atoms with E-state index in [-0.39, 0.29) is 64.9 Å². The average Bonchev–Trinajstić information content (AvgIpc) is 2.25. The van der Waals surface area contributed by atoms with Gasteiger partial charge in [0.05, 0.1) is 5.76 Å². The summed E-state index contributed by atoms with van der Waals surface area (Å²) in [5, 5.41) is 9.50. The molecule has 0 radical (unpaired) electrons. The van der Waals surface area contributed by atoms with Crippen LogP contribution in [0, 0.1) is 0 Å². The summed E-state index contributed by atoms with van der Waals surface area (Å²) in [5.41, 5.74) is 3.14. The molecule has 0 aromatic rings. The molecule has 0 aromatic carbocycles. The molecular weight excluding hydrogens is 321 g/mol. The van der Waals surface area contributed by atoms with E-state index in [0.717, 1.165) is 19.3 Å². The fourth-order valence-corrected chi connectivity index (χ4v) is 2.33. The predicted molar refractivity (Wildman–Crippen MR) is 79.5 cm³/mol. The normalized spacial score (nSPS) is 12.7. The Morgan fingerprint density at radius 2 is 1.50 bits per heavy atom. The molecule has 1 N–H and O–H groups in total. The van der Waals surface area contributed by atoms with E-state index in [1.165, 1.54) is 11.1 Å². The minimum atomic E-state index is -4.68. The van der Waals surface area contributed by atoms with E-state index in [2.05, 4.69) is 32.9 Å². The van der Waals surface area contributed by atoms with Gasteiger partial charge < -0.3 is 19.5 Å². The SMILES string of the molecule is CC(C)=CCCC(C)=CCCC(C)=C(O)CP(=O)([O-])[O-].[Na+].[Na+]. The van der Waals surface area contributed by atoms with E-state index in [1.54, 1.807) is 6.92 Å². The molecule has 22 heavy (non-hydrogen) atoms. The minimum absolute atomic E-state index is 0. The Kier molecular flexibility index (Phi) is 18.5. The van der Waals surface area contributed by atoms with Crippen molar-refractivity contribution in [2.45, 2.75) is 53.4 Å². The molecule has 0 unspecified atom stereocenters. The molecule has 0 saturated heterocycles. The first-order valence-electron chi connectivity index (χ1n) is 6.79. The van der Waals surface area contributed by atoms with Gasteiger partial charge in [0.1, 0.15) is 0 Å². The molecule has 116 valence electrons. The number of aliphatic hydroxyl groups excluding tert-OH is 1. The molecule has 0 spiro atoms. The molecule has 0 atom stereocenters. The molecular formula is C15H25Na2O4P. The topological polar surface area (TPSA) is 83.4 Å². The minimum Gasteiger partial charge on any atom is -0.810 e. The fraction of sp³-hybridized carbons (Fsp3) is 0.600. The van der Waals surface area contributed by atoms with Crippen LogP contribution in [0.25, 0.3) is 0 Å². The van der Waals surface area contributed by atoms with Gasteiger partial charge in [-0.05, 0) is 59.0 Å². The summed E-state index contributed by atoms with van der Waals surface area (Å²) >= 11 is 0. The van der Waals surface area contributed by atoms with Crippen LogP contribution < -0.4 is 68.9 Å². The van der Waals surface area contributed by atoms with Crippen molar-refractivity contribution in [2.75, 3.05) is 6.16 Å². The Morgan fingerprint density at radius 1 is 1.00 bits per heavy atom. The number of rotatable bonds is 8. The van der Waals surface area contributed by atoms with Crippen LogP contribution in [-0.2, 0) is 4.57 Å². The molecule has 0 saturated carbocycles. The maximum absolute atomic E-state index is 10.6. The van der Waals surface area contributed by atoms with E-state index < -0.39 is 13.8 Å². The Morgan fingerprint density at radius 3 is 1.95 bits per heavy atom. The van der Waals surface area contributed by atoms with Gasteiger partial charge in [-0.2, -0.15) is 0 Å². The van der Waals surface area contributed by atoms with Gasteiger partial charge in [-0.3, -0.25) is 0 Å². The molecule has 0 aliphatic heterocycles. The number of hydrogen-bond donors (Lipinski definition) is 1. The van der Waals surface area contributed by atoms with E-state index in [0.29, 0.717) is 12.0 Å². The van der Waals surface area contributed by atoms with E-state index in [4.69, 9.17) is 0 Å². The summed E-state index contributed by atoms with van der Waals surface area (Å²) in [6.07, 6.45) is 6.79. The van der Waals surface area contributed by atoms with Crippen LogP contribution in [0.15, 0.2) is 34.6 Å². The van der Waals surface area contributed by atoms with Gasteiger partial charge in [0.2, 0.25) is 0 Å². The van der Waals surface area contributed by atoms with Crippen LogP contribution in [0.4, 0.5) is 0 Å².